The number of nitrogens with zero attached hydrogens (tertiary/aromatic N) is 1. The molecule has 0 unspecified atom stereocenters. The van der Waals surface area contributed by atoms with E-state index in [4.69, 9.17) is 4.74 Å². The van der Waals surface area contributed by atoms with Gasteiger partial charge in [0, 0.05) is 16.8 Å². The van der Waals surface area contributed by atoms with Gasteiger partial charge in [-0.25, -0.2) is 4.57 Å². The summed E-state index contributed by atoms with van der Waals surface area (Å²) in [6, 6.07) is 14.6. The molecule has 0 spiro atoms. The molecule has 2 heteroatoms. The summed E-state index contributed by atoms with van der Waals surface area (Å²) in [7, 11) is 3.77. The minimum Gasteiger partial charge on any atom is -0.497 e. The summed E-state index contributed by atoms with van der Waals surface area (Å²) >= 11 is 0. The fourth-order valence-corrected chi connectivity index (χ4v) is 2.30. The molecule has 2 aromatic carbocycles. The van der Waals surface area contributed by atoms with Crippen molar-refractivity contribution in [1.29, 1.82) is 0 Å². The number of hydrogen-bond donors (Lipinski definition) is 0. The van der Waals surface area contributed by atoms with Crippen molar-refractivity contribution in [2.24, 2.45) is 7.05 Å². The predicted octanol–water partition coefficient (Wildman–Crippen LogP) is 2.83. The minimum atomic E-state index is 0.897. The van der Waals surface area contributed by atoms with Crippen molar-refractivity contribution in [2.45, 2.75) is 0 Å². The standard InChI is InChI=1S/C15H14NO/c1-16-10-11-5-3-4-6-13(11)14-9-12(17-2)7-8-15(14)16/h3-10H,1-2H3/q+1. The number of hydrogen-bond acceptors (Lipinski definition) is 1. The van der Waals surface area contributed by atoms with Crippen LogP contribution in [-0.2, 0) is 7.05 Å². The second-order valence-corrected chi connectivity index (χ2v) is 4.21. The second kappa shape index (κ2) is 3.74. The zero-order chi connectivity index (χ0) is 11.8. The van der Waals surface area contributed by atoms with Gasteiger partial charge in [0.2, 0.25) is 5.52 Å². The molecule has 2 nitrogen and oxygen atoms in total. The highest BCUT2D eigenvalue weighted by molar-refractivity contribution is 6.04. The van der Waals surface area contributed by atoms with Crippen LogP contribution in [0.15, 0.2) is 48.7 Å². The maximum Gasteiger partial charge on any atom is 0.213 e. The average molecular weight is 224 g/mol. The third kappa shape index (κ3) is 1.53. The number of methoxy groups -OCH3 is 1. The van der Waals surface area contributed by atoms with Crippen LogP contribution in [0.1, 0.15) is 0 Å². The van der Waals surface area contributed by atoms with E-state index in [1.807, 2.05) is 6.07 Å². The Kier molecular flexibility index (Phi) is 2.22. The highest BCUT2D eigenvalue weighted by Gasteiger charge is 2.10. The number of benzene rings is 2. The Hall–Kier alpha value is -2.09. The van der Waals surface area contributed by atoms with Crippen LogP contribution in [0, 0.1) is 0 Å². The molecule has 3 rings (SSSR count). The summed E-state index contributed by atoms with van der Waals surface area (Å²) in [5.41, 5.74) is 1.21. The molecule has 1 aromatic heterocycles. The van der Waals surface area contributed by atoms with Gasteiger partial charge in [0.1, 0.15) is 12.8 Å². The predicted molar refractivity (Wildman–Crippen MR) is 69.2 cm³/mol. The Bertz CT molecular complexity index is 704. The van der Waals surface area contributed by atoms with E-state index >= 15 is 0 Å². The van der Waals surface area contributed by atoms with Crippen molar-refractivity contribution in [1.82, 2.24) is 0 Å². The van der Waals surface area contributed by atoms with Crippen molar-refractivity contribution < 1.29 is 9.30 Å². The van der Waals surface area contributed by atoms with Crippen LogP contribution in [0.3, 0.4) is 0 Å². The van der Waals surface area contributed by atoms with Crippen molar-refractivity contribution in [3.8, 4) is 5.75 Å². The normalized spacial score (nSPS) is 10.9. The first-order valence-corrected chi connectivity index (χ1v) is 5.65. The minimum absolute atomic E-state index is 0.897. The lowest BCUT2D eigenvalue weighted by molar-refractivity contribution is -0.643. The lowest BCUT2D eigenvalue weighted by Gasteiger charge is -2.04. The van der Waals surface area contributed by atoms with Gasteiger partial charge in [-0.1, -0.05) is 18.2 Å². The monoisotopic (exact) mass is 224 g/mol. The van der Waals surface area contributed by atoms with E-state index in [9.17, 15) is 0 Å². The number of rotatable bonds is 1. The quantitative estimate of drug-likeness (QED) is 0.457. The zero-order valence-corrected chi connectivity index (χ0v) is 9.97. The van der Waals surface area contributed by atoms with E-state index in [2.05, 4.69) is 54.2 Å². The zero-order valence-electron chi connectivity index (χ0n) is 9.97. The van der Waals surface area contributed by atoms with Gasteiger partial charge in [0.15, 0.2) is 6.20 Å². The van der Waals surface area contributed by atoms with Crippen LogP contribution in [-0.4, -0.2) is 7.11 Å². The molecule has 0 radical (unpaired) electrons. The van der Waals surface area contributed by atoms with Crippen molar-refractivity contribution in [3.63, 3.8) is 0 Å². The average Bonchev–Trinajstić information content (AvgIpc) is 2.38. The van der Waals surface area contributed by atoms with Gasteiger partial charge in [0.25, 0.3) is 0 Å². The molecule has 0 N–H and O–H groups in total. The topological polar surface area (TPSA) is 13.1 Å². The van der Waals surface area contributed by atoms with Crippen LogP contribution in [0.4, 0.5) is 0 Å². The molecular weight excluding hydrogens is 210 g/mol. The molecule has 0 fully saturated rings. The molecule has 17 heavy (non-hydrogen) atoms. The largest absolute Gasteiger partial charge is 0.497 e. The summed E-state index contributed by atoms with van der Waals surface area (Å²) in [6.07, 6.45) is 2.16. The highest BCUT2D eigenvalue weighted by Crippen LogP contribution is 2.25. The molecule has 0 atom stereocenters. The second-order valence-electron chi connectivity index (χ2n) is 4.21. The number of aromatic nitrogens is 1. The van der Waals surface area contributed by atoms with E-state index in [1.54, 1.807) is 7.11 Å². The first kappa shape index (κ1) is 10.1. The van der Waals surface area contributed by atoms with Crippen LogP contribution in [0.5, 0.6) is 5.75 Å². The molecule has 0 aliphatic carbocycles. The fraction of sp³-hybridized carbons (Fsp3) is 0.133. The van der Waals surface area contributed by atoms with Crippen LogP contribution >= 0.6 is 0 Å². The van der Waals surface area contributed by atoms with Gasteiger partial charge >= 0.3 is 0 Å². The molecule has 0 aliphatic rings. The summed E-state index contributed by atoms with van der Waals surface area (Å²) in [4.78, 5) is 0. The number of ether oxygens (including phenoxy) is 1. The summed E-state index contributed by atoms with van der Waals surface area (Å²) < 4.78 is 7.45. The molecule has 0 bridgehead atoms. The van der Waals surface area contributed by atoms with Gasteiger partial charge in [-0.2, -0.15) is 0 Å². The third-order valence-electron chi connectivity index (χ3n) is 3.17. The van der Waals surface area contributed by atoms with E-state index in [-0.39, 0.29) is 0 Å². The lowest BCUT2D eigenvalue weighted by Crippen LogP contribution is -2.28. The third-order valence-corrected chi connectivity index (χ3v) is 3.17. The Morgan fingerprint density at radius 3 is 2.65 bits per heavy atom. The van der Waals surface area contributed by atoms with Crippen LogP contribution in [0.2, 0.25) is 0 Å². The molecular formula is C15H14NO+. The Morgan fingerprint density at radius 2 is 1.82 bits per heavy atom. The van der Waals surface area contributed by atoms with Crippen LogP contribution in [0.25, 0.3) is 21.7 Å². The van der Waals surface area contributed by atoms with E-state index in [0.29, 0.717) is 0 Å². The van der Waals surface area contributed by atoms with E-state index in [1.165, 1.54) is 21.7 Å². The smallest absolute Gasteiger partial charge is 0.213 e. The fourth-order valence-electron chi connectivity index (χ4n) is 2.30. The SMILES string of the molecule is COc1ccc2c(c1)c1ccccc1c[n+]2C. The van der Waals surface area contributed by atoms with Gasteiger partial charge in [-0.05, 0) is 18.2 Å². The summed E-state index contributed by atoms with van der Waals surface area (Å²) in [5.74, 6) is 0.897. The van der Waals surface area contributed by atoms with Gasteiger partial charge in [-0.15, -0.1) is 0 Å². The molecule has 0 amide bonds. The van der Waals surface area contributed by atoms with Crippen molar-refractivity contribution >= 4 is 21.7 Å². The first-order chi connectivity index (χ1) is 8.29. The van der Waals surface area contributed by atoms with E-state index in [0.717, 1.165) is 5.75 Å². The Balaban J connectivity index is 2.52. The number of fused-ring (bicyclic) bond motifs is 3. The molecule has 0 aliphatic heterocycles. The molecule has 3 aromatic rings. The number of pyridine rings is 1. The Labute approximate surface area is 100 Å². The molecule has 0 saturated heterocycles. The molecule has 1 heterocycles. The molecule has 84 valence electrons. The van der Waals surface area contributed by atoms with E-state index < -0.39 is 0 Å². The Morgan fingerprint density at radius 1 is 1.00 bits per heavy atom. The maximum absolute atomic E-state index is 5.30. The van der Waals surface area contributed by atoms with Crippen molar-refractivity contribution in [3.05, 3.63) is 48.7 Å². The first-order valence-electron chi connectivity index (χ1n) is 5.65. The van der Waals surface area contributed by atoms with Gasteiger partial charge in [0.05, 0.1) is 12.5 Å². The van der Waals surface area contributed by atoms with Gasteiger partial charge in [-0.3, -0.25) is 0 Å². The maximum atomic E-state index is 5.30. The summed E-state index contributed by atoms with van der Waals surface area (Å²) in [5, 5.41) is 3.74. The molecule has 0 saturated carbocycles. The number of aryl methyl sites for hydroxylation is 1. The highest BCUT2D eigenvalue weighted by atomic mass is 16.5. The lowest BCUT2D eigenvalue weighted by atomic mass is 10.1. The summed E-state index contributed by atoms with van der Waals surface area (Å²) in [6.45, 7) is 0. The van der Waals surface area contributed by atoms with Gasteiger partial charge < -0.3 is 4.74 Å². The van der Waals surface area contributed by atoms with Crippen molar-refractivity contribution in [2.75, 3.05) is 7.11 Å². The van der Waals surface area contributed by atoms with Crippen LogP contribution < -0.4 is 9.30 Å².